The molecule has 1 heterocycles. The molecule has 0 aliphatic carbocycles. The lowest BCUT2D eigenvalue weighted by Gasteiger charge is -2.12. The van der Waals surface area contributed by atoms with Crippen molar-refractivity contribution in [2.75, 3.05) is 7.11 Å². The van der Waals surface area contributed by atoms with E-state index in [4.69, 9.17) is 10.5 Å². The van der Waals surface area contributed by atoms with E-state index in [1.807, 2.05) is 37.3 Å². The van der Waals surface area contributed by atoms with E-state index in [9.17, 15) is 9.59 Å². The molecule has 1 aromatic heterocycles. The van der Waals surface area contributed by atoms with Crippen molar-refractivity contribution < 1.29 is 14.3 Å². The Hall–Kier alpha value is -3.34. The Morgan fingerprint density at radius 3 is 2.24 bits per heavy atom. The Morgan fingerprint density at radius 2 is 1.69 bits per heavy atom. The zero-order valence-electron chi connectivity index (χ0n) is 17.1. The van der Waals surface area contributed by atoms with E-state index in [0.717, 1.165) is 41.9 Å². The molecule has 1 amide bonds. The lowest BCUT2D eigenvalue weighted by Crippen LogP contribution is -2.14. The number of nitrogens with two attached hydrogens (primary N) is 1. The number of aromatic nitrogens is 1. The molecule has 0 saturated carbocycles. The number of methoxy groups -OCH3 is 1. The molecular formula is C24H26N2O3. The maximum absolute atomic E-state index is 12.3. The van der Waals surface area contributed by atoms with Gasteiger partial charge in [-0.1, -0.05) is 49.4 Å². The van der Waals surface area contributed by atoms with Crippen molar-refractivity contribution in [1.29, 1.82) is 0 Å². The Balaban J connectivity index is 2.06. The summed E-state index contributed by atoms with van der Waals surface area (Å²) >= 11 is 0. The maximum Gasteiger partial charge on any atom is 0.337 e. The molecule has 0 saturated heterocycles. The van der Waals surface area contributed by atoms with Crippen molar-refractivity contribution in [3.8, 4) is 11.1 Å². The summed E-state index contributed by atoms with van der Waals surface area (Å²) < 4.78 is 6.96. The Morgan fingerprint density at radius 1 is 1.03 bits per heavy atom. The molecule has 0 fully saturated rings. The van der Waals surface area contributed by atoms with E-state index in [-0.39, 0.29) is 5.97 Å². The van der Waals surface area contributed by atoms with E-state index < -0.39 is 5.91 Å². The number of esters is 1. The number of aryl methyl sites for hydroxylation is 1. The standard InChI is InChI=1S/C24H26N2O3/c1-4-20-22(18-10-12-19(13-11-18)24(28)29-3)21(23(25)27)16(2)26(20)15-14-17-8-6-5-7-9-17/h5-13H,4,14-15H2,1-3H3,(H2,25,27). The quantitative estimate of drug-likeness (QED) is 0.616. The fourth-order valence-corrected chi connectivity index (χ4v) is 3.86. The first kappa shape index (κ1) is 20.4. The highest BCUT2D eigenvalue weighted by molar-refractivity contribution is 6.02. The zero-order valence-corrected chi connectivity index (χ0v) is 17.1. The topological polar surface area (TPSA) is 74.3 Å². The second kappa shape index (κ2) is 8.78. The number of hydrogen-bond acceptors (Lipinski definition) is 3. The van der Waals surface area contributed by atoms with Crippen LogP contribution in [0, 0.1) is 6.92 Å². The fraction of sp³-hybridized carbons (Fsp3) is 0.250. The molecule has 3 aromatic rings. The second-order valence-electron chi connectivity index (χ2n) is 6.96. The van der Waals surface area contributed by atoms with Gasteiger partial charge < -0.3 is 15.0 Å². The number of carbonyl (C=O) groups excluding carboxylic acids is 2. The van der Waals surface area contributed by atoms with Gasteiger partial charge in [0.05, 0.1) is 18.2 Å². The van der Waals surface area contributed by atoms with Crippen molar-refractivity contribution in [2.24, 2.45) is 5.73 Å². The summed E-state index contributed by atoms with van der Waals surface area (Å²) in [4.78, 5) is 24.1. The zero-order chi connectivity index (χ0) is 21.0. The van der Waals surface area contributed by atoms with Gasteiger partial charge in [-0.05, 0) is 43.0 Å². The molecule has 2 N–H and O–H groups in total. The van der Waals surface area contributed by atoms with Gasteiger partial charge in [0.2, 0.25) is 0 Å². The largest absolute Gasteiger partial charge is 0.465 e. The Bertz CT molecular complexity index is 1020. The number of rotatable bonds is 7. The SMILES string of the molecule is CCc1c(-c2ccc(C(=O)OC)cc2)c(C(N)=O)c(C)n1CCc1ccccc1. The predicted octanol–water partition coefficient (Wildman–Crippen LogP) is 4.15. The van der Waals surface area contributed by atoms with Crippen molar-refractivity contribution in [3.05, 3.63) is 82.7 Å². The molecule has 3 rings (SSSR count). The summed E-state index contributed by atoms with van der Waals surface area (Å²) in [7, 11) is 1.35. The smallest absolute Gasteiger partial charge is 0.337 e. The van der Waals surface area contributed by atoms with E-state index >= 15 is 0 Å². The van der Waals surface area contributed by atoms with E-state index in [0.29, 0.717) is 11.1 Å². The molecule has 0 unspecified atom stereocenters. The summed E-state index contributed by atoms with van der Waals surface area (Å²) in [6, 6.07) is 17.4. The van der Waals surface area contributed by atoms with Gasteiger partial charge in [-0.15, -0.1) is 0 Å². The molecule has 0 aliphatic rings. The average molecular weight is 390 g/mol. The molecule has 0 radical (unpaired) electrons. The van der Waals surface area contributed by atoms with Crippen molar-refractivity contribution in [1.82, 2.24) is 4.57 Å². The van der Waals surface area contributed by atoms with Crippen LogP contribution in [0.2, 0.25) is 0 Å². The Kier molecular flexibility index (Phi) is 6.17. The summed E-state index contributed by atoms with van der Waals surface area (Å²) in [6.07, 6.45) is 1.62. The number of hydrogen-bond donors (Lipinski definition) is 1. The van der Waals surface area contributed by atoms with Crippen LogP contribution in [0.4, 0.5) is 0 Å². The van der Waals surface area contributed by atoms with Crippen LogP contribution in [0.1, 0.15) is 44.6 Å². The number of primary amides is 1. The minimum atomic E-state index is -0.442. The average Bonchev–Trinajstić information content (AvgIpc) is 3.04. The molecule has 0 atom stereocenters. The van der Waals surface area contributed by atoms with E-state index in [2.05, 4.69) is 23.6 Å². The summed E-state index contributed by atoms with van der Waals surface area (Å²) in [6.45, 7) is 4.78. The summed E-state index contributed by atoms with van der Waals surface area (Å²) in [5.41, 5.74) is 11.7. The number of carbonyl (C=O) groups is 2. The molecule has 150 valence electrons. The molecule has 2 aromatic carbocycles. The molecule has 5 nitrogen and oxygen atoms in total. The third kappa shape index (κ3) is 4.09. The Labute approximate surface area is 171 Å². The van der Waals surface area contributed by atoms with Crippen LogP contribution in [0.5, 0.6) is 0 Å². The molecular weight excluding hydrogens is 364 g/mol. The predicted molar refractivity (Wildman–Crippen MR) is 114 cm³/mol. The number of amides is 1. The van der Waals surface area contributed by atoms with E-state index in [1.165, 1.54) is 12.7 Å². The molecule has 5 heteroatoms. The maximum atomic E-state index is 12.3. The van der Waals surface area contributed by atoms with Gasteiger partial charge >= 0.3 is 5.97 Å². The van der Waals surface area contributed by atoms with Crippen molar-refractivity contribution >= 4 is 11.9 Å². The second-order valence-corrected chi connectivity index (χ2v) is 6.96. The van der Waals surface area contributed by atoms with Crippen LogP contribution in [-0.2, 0) is 24.1 Å². The van der Waals surface area contributed by atoms with Crippen LogP contribution in [0.15, 0.2) is 54.6 Å². The normalized spacial score (nSPS) is 10.7. The van der Waals surface area contributed by atoms with Crippen LogP contribution in [-0.4, -0.2) is 23.6 Å². The highest BCUT2D eigenvalue weighted by atomic mass is 16.5. The minimum absolute atomic E-state index is 0.390. The third-order valence-electron chi connectivity index (χ3n) is 5.27. The number of nitrogens with zero attached hydrogens (tertiary/aromatic N) is 1. The molecule has 0 bridgehead atoms. The van der Waals surface area contributed by atoms with E-state index in [1.54, 1.807) is 12.1 Å². The third-order valence-corrected chi connectivity index (χ3v) is 5.27. The van der Waals surface area contributed by atoms with Crippen LogP contribution in [0.25, 0.3) is 11.1 Å². The first-order valence-electron chi connectivity index (χ1n) is 9.72. The van der Waals surface area contributed by atoms with Crippen LogP contribution < -0.4 is 5.73 Å². The first-order chi connectivity index (χ1) is 14.0. The monoisotopic (exact) mass is 390 g/mol. The van der Waals surface area contributed by atoms with Crippen molar-refractivity contribution in [3.63, 3.8) is 0 Å². The van der Waals surface area contributed by atoms with Gasteiger partial charge in [-0.25, -0.2) is 4.79 Å². The summed E-state index contributed by atoms with van der Waals surface area (Å²) in [5.74, 6) is -0.832. The van der Waals surface area contributed by atoms with Gasteiger partial charge in [0.25, 0.3) is 5.91 Å². The number of benzene rings is 2. The highest BCUT2D eigenvalue weighted by Gasteiger charge is 2.24. The van der Waals surface area contributed by atoms with Crippen LogP contribution in [0.3, 0.4) is 0 Å². The molecule has 0 spiro atoms. The minimum Gasteiger partial charge on any atom is -0.465 e. The van der Waals surface area contributed by atoms with Gasteiger partial charge in [0, 0.05) is 23.5 Å². The van der Waals surface area contributed by atoms with Gasteiger partial charge in [0.1, 0.15) is 0 Å². The molecule has 0 aliphatic heterocycles. The van der Waals surface area contributed by atoms with Gasteiger partial charge in [-0.3, -0.25) is 4.79 Å². The summed E-state index contributed by atoms with van der Waals surface area (Å²) in [5, 5.41) is 0. The fourth-order valence-electron chi connectivity index (χ4n) is 3.86. The highest BCUT2D eigenvalue weighted by Crippen LogP contribution is 2.33. The van der Waals surface area contributed by atoms with Crippen molar-refractivity contribution in [2.45, 2.75) is 33.2 Å². The number of ether oxygens (including phenoxy) is 1. The first-order valence-corrected chi connectivity index (χ1v) is 9.72. The van der Waals surface area contributed by atoms with Gasteiger partial charge in [-0.2, -0.15) is 0 Å². The molecule has 29 heavy (non-hydrogen) atoms. The lowest BCUT2D eigenvalue weighted by molar-refractivity contribution is 0.0600. The van der Waals surface area contributed by atoms with Crippen LogP contribution >= 0.6 is 0 Å². The lowest BCUT2D eigenvalue weighted by atomic mass is 9.98. The van der Waals surface area contributed by atoms with Gasteiger partial charge in [0.15, 0.2) is 0 Å².